The first-order valence-corrected chi connectivity index (χ1v) is 4.01. The summed E-state index contributed by atoms with van der Waals surface area (Å²) in [5, 5.41) is 2.91. The van der Waals surface area contributed by atoms with Gasteiger partial charge in [0, 0.05) is 0 Å². The van der Waals surface area contributed by atoms with Gasteiger partial charge in [-0.2, -0.15) is 4.91 Å². The van der Waals surface area contributed by atoms with Crippen molar-refractivity contribution in [1.29, 1.82) is 0 Å². The van der Waals surface area contributed by atoms with Crippen molar-refractivity contribution in [2.45, 2.75) is 27.3 Å². The molecule has 0 radical (unpaired) electrons. The third-order valence-electron chi connectivity index (χ3n) is 2.06. The van der Waals surface area contributed by atoms with E-state index in [9.17, 15) is 4.91 Å². The molecule has 0 spiro atoms. The van der Waals surface area contributed by atoms with Crippen LogP contribution in [0.2, 0.25) is 0 Å². The average molecular weight is 163 g/mol. The van der Waals surface area contributed by atoms with Gasteiger partial charge in [0.1, 0.15) is 6.54 Å². The van der Waals surface area contributed by atoms with Crippen LogP contribution in [0, 0.1) is 25.7 Å². The van der Waals surface area contributed by atoms with Crippen LogP contribution < -0.4 is 0 Å². The monoisotopic (exact) mass is 163 g/mol. The number of benzene rings is 1. The molecular weight excluding hydrogens is 150 g/mol. The molecule has 0 aliphatic carbocycles. The minimum Gasteiger partial charge on any atom is -0.150 e. The molecule has 2 nitrogen and oxygen atoms in total. The van der Waals surface area contributed by atoms with Gasteiger partial charge in [0.15, 0.2) is 0 Å². The zero-order chi connectivity index (χ0) is 9.14. The van der Waals surface area contributed by atoms with Crippen molar-refractivity contribution < 1.29 is 0 Å². The fourth-order valence-corrected chi connectivity index (χ4v) is 1.52. The zero-order valence-corrected chi connectivity index (χ0v) is 7.72. The average Bonchev–Trinajstić information content (AvgIpc) is 1.96. The molecule has 0 atom stereocenters. The molecular formula is C10H13NO. The molecule has 12 heavy (non-hydrogen) atoms. The molecule has 0 N–H and O–H groups in total. The van der Waals surface area contributed by atoms with E-state index in [1.165, 1.54) is 5.56 Å². The van der Waals surface area contributed by atoms with Gasteiger partial charge in [-0.15, -0.1) is 0 Å². The van der Waals surface area contributed by atoms with Gasteiger partial charge in [0.2, 0.25) is 0 Å². The first kappa shape index (κ1) is 8.91. The van der Waals surface area contributed by atoms with Crippen molar-refractivity contribution >= 4 is 0 Å². The lowest BCUT2D eigenvalue weighted by Crippen LogP contribution is -1.92. The number of hydrogen-bond donors (Lipinski definition) is 0. The fourth-order valence-electron chi connectivity index (χ4n) is 1.52. The van der Waals surface area contributed by atoms with Crippen LogP contribution in [0.3, 0.4) is 0 Å². The van der Waals surface area contributed by atoms with Crippen molar-refractivity contribution in [3.05, 3.63) is 39.3 Å². The molecule has 2 heteroatoms. The van der Waals surface area contributed by atoms with E-state index in [-0.39, 0.29) is 6.54 Å². The summed E-state index contributed by atoms with van der Waals surface area (Å²) in [6, 6.07) is 4.15. The topological polar surface area (TPSA) is 29.4 Å². The van der Waals surface area contributed by atoms with Crippen molar-refractivity contribution in [3.8, 4) is 0 Å². The van der Waals surface area contributed by atoms with Gasteiger partial charge < -0.3 is 0 Å². The molecule has 1 aromatic carbocycles. The highest BCUT2D eigenvalue weighted by molar-refractivity contribution is 5.37. The Bertz CT molecular complexity index is 282. The second-order valence-electron chi connectivity index (χ2n) is 3.16. The summed E-state index contributed by atoms with van der Waals surface area (Å²) in [5.41, 5.74) is 4.62. The van der Waals surface area contributed by atoms with Crippen molar-refractivity contribution in [3.63, 3.8) is 0 Å². The summed E-state index contributed by atoms with van der Waals surface area (Å²) < 4.78 is 0. The van der Waals surface area contributed by atoms with Crippen LogP contribution in [0.5, 0.6) is 0 Å². The van der Waals surface area contributed by atoms with Crippen LogP contribution in [0.25, 0.3) is 0 Å². The fraction of sp³-hybridized carbons (Fsp3) is 0.400. The van der Waals surface area contributed by atoms with Crippen LogP contribution in [-0.2, 0) is 6.54 Å². The van der Waals surface area contributed by atoms with E-state index >= 15 is 0 Å². The van der Waals surface area contributed by atoms with Crippen LogP contribution in [0.1, 0.15) is 22.3 Å². The van der Waals surface area contributed by atoms with E-state index in [1.54, 1.807) is 0 Å². The Balaban J connectivity index is 3.18. The lowest BCUT2D eigenvalue weighted by atomic mass is 10.0. The number of nitroso groups, excluding NO2 is 1. The maximum atomic E-state index is 10.1. The number of hydrogen-bond acceptors (Lipinski definition) is 2. The molecule has 0 bridgehead atoms. The van der Waals surface area contributed by atoms with Gasteiger partial charge >= 0.3 is 0 Å². The molecule has 0 heterocycles. The summed E-state index contributed by atoms with van der Waals surface area (Å²) in [6.07, 6.45) is 0. The molecule has 1 aromatic rings. The highest BCUT2D eigenvalue weighted by atomic mass is 16.3. The molecule has 64 valence electrons. The molecule has 0 aliphatic heterocycles. The van der Waals surface area contributed by atoms with Crippen LogP contribution in [-0.4, -0.2) is 0 Å². The van der Waals surface area contributed by atoms with Crippen molar-refractivity contribution in [2.75, 3.05) is 0 Å². The van der Waals surface area contributed by atoms with Crippen LogP contribution in [0.15, 0.2) is 17.3 Å². The second kappa shape index (κ2) is 3.48. The summed E-state index contributed by atoms with van der Waals surface area (Å²) in [5.74, 6) is 0. The predicted molar refractivity (Wildman–Crippen MR) is 50.2 cm³/mol. The predicted octanol–water partition coefficient (Wildman–Crippen LogP) is 2.88. The van der Waals surface area contributed by atoms with Crippen LogP contribution in [0.4, 0.5) is 0 Å². The normalized spacial score (nSPS) is 9.92. The van der Waals surface area contributed by atoms with Gasteiger partial charge in [-0.25, -0.2) is 0 Å². The van der Waals surface area contributed by atoms with Gasteiger partial charge in [-0.05, 0) is 37.5 Å². The van der Waals surface area contributed by atoms with E-state index < -0.39 is 0 Å². The molecule has 0 unspecified atom stereocenters. The summed E-state index contributed by atoms with van der Waals surface area (Å²) in [7, 11) is 0. The Hall–Kier alpha value is -1.18. The Kier molecular flexibility index (Phi) is 2.58. The van der Waals surface area contributed by atoms with Crippen molar-refractivity contribution in [1.82, 2.24) is 0 Å². The quantitative estimate of drug-likeness (QED) is 0.616. The lowest BCUT2D eigenvalue weighted by molar-refractivity contribution is 1.01. The number of aryl methyl sites for hydroxylation is 3. The molecule has 0 amide bonds. The zero-order valence-electron chi connectivity index (χ0n) is 7.72. The Morgan fingerprint density at radius 1 is 1.17 bits per heavy atom. The molecule has 0 aliphatic rings. The molecule has 1 rings (SSSR count). The van der Waals surface area contributed by atoms with Crippen molar-refractivity contribution in [2.24, 2.45) is 5.18 Å². The molecule has 0 saturated heterocycles. The SMILES string of the molecule is Cc1cc(C)c(CN=O)c(C)c1. The van der Waals surface area contributed by atoms with E-state index in [2.05, 4.69) is 24.2 Å². The third kappa shape index (κ3) is 1.70. The Labute approximate surface area is 72.6 Å². The largest absolute Gasteiger partial charge is 0.150 e. The maximum absolute atomic E-state index is 10.1. The maximum Gasteiger partial charge on any atom is 0.107 e. The standard InChI is InChI=1S/C10H13NO/c1-7-4-8(2)10(6-11-12)9(3)5-7/h4-5H,6H2,1-3H3. The number of rotatable bonds is 2. The van der Waals surface area contributed by atoms with E-state index in [1.807, 2.05) is 13.8 Å². The summed E-state index contributed by atoms with van der Waals surface area (Å²) in [4.78, 5) is 10.1. The van der Waals surface area contributed by atoms with Crippen LogP contribution >= 0.6 is 0 Å². The molecule has 0 aromatic heterocycles. The molecule has 0 fully saturated rings. The Morgan fingerprint density at radius 3 is 2.08 bits per heavy atom. The van der Waals surface area contributed by atoms with E-state index in [0.29, 0.717) is 0 Å². The minimum atomic E-state index is 0.290. The first-order valence-electron chi connectivity index (χ1n) is 4.01. The van der Waals surface area contributed by atoms with Gasteiger partial charge in [0.05, 0.1) is 0 Å². The smallest absolute Gasteiger partial charge is 0.107 e. The van der Waals surface area contributed by atoms with Gasteiger partial charge in [-0.1, -0.05) is 22.9 Å². The van der Waals surface area contributed by atoms with Gasteiger partial charge in [0.25, 0.3) is 0 Å². The second-order valence-corrected chi connectivity index (χ2v) is 3.16. The first-order chi connectivity index (χ1) is 5.65. The third-order valence-corrected chi connectivity index (χ3v) is 2.06. The Morgan fingerprint density at radius 2 is 1.67 bits per heavy atom. The molecule has 0 saturated carbocycles. The number of nitrogens with zero attached hydrogens (tertiary/aromatic N) is 1. The van der Waals surface area contributed by atoms with Gasteiger partial charge in [-0.3, -0.25) is 0 Å². The summed E-state index contributed by atoms with van der Waals surface area (Å²) in [6.45, 7) is 6.37. The highest BCUT2D eigenvalue weighted by Crippen LogP contribution is 2.16. The highest BCUT2D eigenvalue weighted by Gasteiger charge is 2.02. The van der Waals surface area contributed by atoms with E-state index in [0.717, 1.165) is 16.7 Å². The lowest BCUT2D eigenvalue weighted by Gasteiger charge is -2.06. The van der Waals surface area contributed by atoms with E-state index in [4.69, 9.17) is 0 Å². The summed E-state index contributed by atoms with van der Waals surface area (Å²) >= 11 is 0. The minimum absolute atomic E-state index is 0.290.